The van der Waals surface area contributed by atoms with Crippen LogP contribution in [0, 0.1) is 0 Å². The molecule has 0 spiro atoms. The number of amides is 1. The van der Waals surface area contributed by atoms with Crippen molar-refractivity contribution in [3.8, 4) is 11.6 Å². The SMILES string of the molecule is O=C(NCC(F)(F)c1ccc(Br)cc1Cl)c1cc(Cl)nnc1Oc1cccc(C(F)(F)F)c1. The second-order valence-electron chi connectivity index (χ2n) is 6.52. The van der Waals surface area contributed by atoms with E-state index in [1.807, 2.05) is 5.32 Å². The van der Waals surface area contributed by atoms with Gasteiger partial charge in [-0.15, -0.1) is 10.2 Å². The number of alkyl halides is 5. The number of rotatable bonds is 6. The molecule has 0 unspecified atom stereocenters. The van der Waals surface area contributed by atoms with Crippen molar-refractivity contribution >= 4 is 45.0 Å². The highest BCUT2D eigenvalue weighted by Crippen LogP contribution is 2.35. The van der Waals surface area contributed by atoms with Crippen molar-refractivity contribution in [3.63, 3.8) is 0 Å². The van der Waals surface area contributed by atoms with E-state index in [0.29, 0.717) is 10.5 Å². The third-order valence-electron chi connectivity index (χ3n) is 4.15. The van der Waals surface area contributed by atoms with Gasteiger partial charge in [-0.2, -0.15) is 22.0 Å². The lowest BCUT2D eigenvalue weighted by atomic mass is 10.1. The highest BCUT2D eigenvalue weighted by molar-refractivity contribution is 9.10. The lowest BCUT2D eigenvalue weighted by Gasteiger charge is -2.19. The molecule has 0 fully saturated rings. The van der Waals surface area contributed by atoms with Gasteiger partial charge in [-0.25, -0.2) is 0 Å². The van der Waals surface area contributed by atoms with Crippen LogP contribution in [0.5, 0.6) is 11.6 Å². The minimum atomic E-state index is -4.63. The number of aromatic nitrogens is 2. The average molecular weight is 571 g/mol. The molecule has 1 heterocycles. The number of carbonyl (C=O) groups is 1. The maximum Gasteiger partial charge on any atom is 0.416 e. The number of nitrogens with zero attached hydrogens (tertiary/aromatic N) is 2. The summed E-state index contributed by atoms with van der Waals surface area (Å²) in [7, 11) is 0. The van der Waals surface area contributed by atoms with E-state index in [1.54, 1.807) is 0 Å². The van der Waals surface area contributed by atoms with Crippen LogP contribution >= 0.6 is 39.1 Å². The summed E-state index contributed by atoms with van der Waals surface area (Å²) >= 11 is 14.7. The van der Waals surface area contributed by atoms with Crippen molar-refractivity contribution in [2.24, 2.45) is 0 Å². The zero-order valence-corrected chi connectivity index (χ0v) is 19.2. The number of carbonyl (C=O) groups excluding carboxylic acids is 1. The Balaban J connectivity index is 1.82. The Hall–Kier alpha value is -2.50. The zero-order chi connectivity index (χ0) is 24.4. The van der Waals surface area contributed by atoms with Gasteiger partial charge in [0.05, 0.1) is 17.1 Å². The molecule has 0 saturated heterocycles. The van der Waals surface area contributed by atoms with Crippen LogP contribution in [0.2, 0.25) is 10.2 Å². The summed E-state index contributed by atoms with van der Waals surface area (Å²) in [6, 6.07) is 8.51. The van der Waals surface area contributed by atoms with Gasteiger partial charge in [0.15, 0.2) is 5.15 Å². The molecule has 174 valence electrons. The number of benzene rings is 2. The third kappa shape index (κ3) is 6.30. The molecule has 1 amide bonds. The van der Waals surface area contributed by atoms with Gasteiger partial charge in [-0.3, -0.25) is 4.79 Å². The fourth-order valence-electron chi connectivity index (χ4n) is 2.61. The Morgan fingerprint density at radius 1 is 1.03 bits per heavy atom. The summed E-state index contributed by atoms with van der Waals surface area (Å²) in [6.45, 7) is -1.14. The number of nitrogens with one attached hydrogen (secondary N) is 1. The van der Waals surface area contributed by atoms with Gasteiger partial charge in [-0.1, -0.05) is 51.3 Å². The molecule has 2 aromatic carbocycles. The van der Waals surface area contributed by atoms with Crippen LogP contribution in [0.25, 0.3) is 0 Å². The van der Waals surface area contributed by atoms with E-state index < -0.39 is 47.1 Å². The smallest absolute Gasteiger partial charge is 0.416 e. The highest BCUT2D eigenvalue weighted by atomic mass is 79.9. The van der Waals surface area contributed by atoms with E-state index in [2.05, 4.69) is 26.1 Å². The normalized spacial score (nSPS) is 11.9. The summed E-state index contributed by atoms with van der Waals surface area (Å²) in [5, 5.41) is 8.58. The summed E-state index contributed by atoms with van der Waals surface area (Å²) in [4.78, 5) is 12.6. The van der Waals surface area contributed by atoms with Crippen LogP contribution in [-0.2, 0) is 12.1 Å². The fourth-order valence-corrected chi connectivity index (χ4v) is 3.57. The highest BCUT2D eigenvalue weighted by Gasteiger charge is 2.35. The maximum absolute atomic E-state index is 14.6. The molecule has 0 atom stereocenters. The predicted molar refractivity (Wildman–Crippen MR) is 114 cm³/mol. The van der Waals surface area contributed by atoms with Crippen LogP contribution in [-0.4, -0.2) is 22.6 Å². The third-order valence-corrected chi connectivity index (χ3v) is 5.14. The molecule has 13 heteroatoms. The zero-order valence-electron chi connectivity index (χ0n) is 16.1. The van der Waals surface area contributed by atoms with Gasteiger partial charge in [0, 0.05) is 10.0 Å². The number of hydrogen-bond acceptors (Lipinski definition) is 4. The number of ether oxygens (including phenoxy) is 1. The largest absolute Gasteiger partial charge is 0.437 e. The summed E-state index contributed by atoms with van der Waals surface area (Å²) in [5.41, 5.74) is -1.93. The van der Waals surface area contributed by atoms with Crippen LogP contribution in [0.4, 0.5) is 22.0 Å². The molecule has 1 N–H and O–H groups in total. The van der Waals surface area contributed by atoms with Gasteiger partial charge in [-0.05, 0) is 36.4 Å². The molecule has 0 aliphatic carbocycles. The van der Waals surface area contributed by atoms with E-state index in [-0.39, 0.29) is 15.9 Å². The van der Waals surface area contributed by atoms with Gasteiger partial charge in [0.2, 0.25) is 0 Å². The summed E-state index contributed by atoms with van der Waals surface area (Å²) in [5.74, 6) is -5.44. The Morgan fingerprint density at radius 2 is 1.76 bits per heavy atom. The Labute approximate surface area is 202 Å². The Morgan fingerprint density at radius 3 is 2.42 bits per heavy atom. The average Bonchev–Trinajstić information content (AvgIpc) is 2.72. The van der Waals surface area contributed by atoms with E-state index in [9.17, 15) is 26.7 Å². The lowest BCUT2D eigenvalue weighted by molar-refractivity contribution is -0.137. The first-order valence-corrected chi connectivity index (χ1v) is 10.4. The van der Waals surface area contributed by atoms with Gasteiger partial charge < -0.3 is 10.1 Å². The monoisotopic (exact) mass is 569 g/mol. The number of hydrogen-bond donors (Lipinski definition) is 1. The molecule has 1 aromatic heterocycles. The van der Waals surface area contributed by atoms with E-state index in [0.717, 1.165) is 24.3 Å². The van der Waals surface area contributed by atoms with Gasteiger partial charge >= 0.3 is 6.18 Å². The second kappa shape index (κ2) is 9.78. The van der Waals surface area contributed by atoms with Crippen molar-refractivity contribution < 1.29 is 31.5 Å². The van der Waals surface area contributed by atoms with Crippen LogP contribution in [0.15, 0.2) is 53.0 Å². The van der Waals surface area contributed by atoms with Crippen LogP contribution < -0.4 is 10.1 Å². The first kappa shape index (κ1) is 25.1. The lowest BCUT2D eigenvalue weighted by Crippen LogP contribution is -2.35. The van der Waals surface area contributed by atoms with Crippen LogP contribution in [0.1, 0.15) is 21.5 Å². The minimum Gasteiger partial charge on any atom is -0.437 e. The first-order valence-electron chi connectivity index (χ1n) is 8.87. The molecule has 0 aliphatic heterocycles. The van der Waals surface area contributed by atoms with Crippen molar-refractivity contribution in [1.29, 1.82) is 0 Å². The molecule has 0 radical (unpaired) electrons. The Bertz CT molecular complexity index is 1190. The molecule has 3 aromatic rings. The van der Waals surface area contributed by atoms with E-state index in [1.165, 1.54) is 18.2 Å². The standard InChI is InChI=1S/C20H11BrCl2F5N3O2/c21-11-4-5-14(15(22)7-11)19(24,25)9-29-17(32)13-8-16(23)30-31-18(13)33-12-3-1-2-10(6-12)20(26,27)28/h1-8H,9H2,(H,29,32). The molecule has 0 saturated carbocycles. The molecule has 33 heavy (non-hydrogen) atoms. The van der Waals surface area contributed by atoms with Gasteiger partial charge in [0.25, 0.3) is 17.7 Å². The van der Waals surface area contributed by atoms with Crippen molar-refractivity contribution in [1.82, 2.24) is 15.5 Å². The van der Waals surface area contributed by atoms with Crippen LogP contribution in [0.3, 0.4) is 0 Å². The summed E-state index contributed by atoms with van der Waals surface area (Å²) < 4.78 is 73.7. The molecular weight excluding hydrogens is 560 g/mol. The minimum absolute atomic E-state index is 0.217. The molecular formula is C20H11BrCl2F5N3O2. The second-order valence-corrected chi connectivity index (χ2v) is 8.23. The maximum atomic E-state index is 14.6. The number of halogens is 8. The molecule has 0 bridgehead atoms. The first-order chi connectivity index (χ1) is 15.4. The topological polar surface area (TPSA) is 64.1 Å². The van der Waals surface area contributed by atoms with E-state index >= 15 is 0 Å². The quantitative estimate of drug-likeness (QED) is 0.328. The molecule has 3 rings (SSSR count). The fraction of sp³-hybridized carbons (Fsp3) is 0.150. The molecule has 5 nitrogen and oxygen atoms in total. The van der Waals surface area contributed by atoms with Crippen molar-refractivity contribution in [3.05, 3.63) is 79.9 Å². The van der Waals surface area contributed by atoms with E-state index in [4.69, 9.17) is 27.9 Å². The Kier molecular flexibility index (Phi) is 7.45. The summed E-state index contributed by atoms with van der Waals surface area (Å²) in [6.07, 6.45) is -4.63. The predicted octanol–water partition coefficient (Wildman–Crippen LogP) is 6.88. The van der Waals surface area contributed by atoms with Gasteiger partial charge in [0.1, 0.15) is 11.3 Å². The van der Waals surface area contributed by atoms with Crippen molar-refractivity contribution in [2.75, 3.05) is 6.54 Å². The molecule has 0 aliphatic rings. The van der Waals surface area contributed by atoms with Crippen molar-refractivity contribution in [2.45, 2.75) is 12.1 Å².